The summed E-state index contributed by atoms with van der Waals surface area (Å²) in [6.45, 7) is 7.63. The van der Waals surface area contributed by atoms with Crippen molar-refractivity contribution in [2.45, 2.75) is 45.6 Å². The van der Waals surface area contributed by atoms with Crippen LogP contribution in [0.25, 0.3) is 0 Å². The second-order valence-corrected chi connectivity index (χ2v) is 5.26. The number of nitrogens with one attached hydrogen (secondary N) is 2. The Balaban J connectivity index is 2.24. The fourth-order valence-corrected chi connectivity index (χ4v) is 2.57. The lowest BCUT2D eigenvalue weighted by Crippen LogP contribution is -2.47. The average Bonchev–Trinajstić information content (AvgIpc) is 2.42. The molecule has 0 aliphatic carbocycles. The summed E-state index contributed by atoms with van der Waals surface area (Å²) in [5.74, 6) is 0. The monoisotopic (exact) mass is 244 g/mol. The van der Waals surface area contributed by atoms with Crippen LogP contribution in [0.15, 0.2) is 30.5 Å². The van der Waals surface area contributed by atoms with Crippen molar-refractivity contribution in [3.8, 4) is 0 Å². The van der Waals surface area contributed by atoms with Crippen LogP contribution in [0.1, 0.15) is 37.8 Å². The molecule has 1 aliphatic heterocycles. The predicted octanol–water partition coefficient (Wildman–Crippen LogP) is 3.63. The van der Waals surface area contributed by atoms with E-state index in [0.29, 0.717) is 0 Å². The summed E-state index contributed by atoms with van der Waals surface area (Å²) in [6.07, 6.45) is 7.58. The molecule has 98 valence electrons. The van der Waals surface area contributed by atoms with Gasteiger partial charge in [0.1, 0.15) is 0 Å². The van der Waals surface area contributed by atoms with Crippen molar-refractivity contribution in [1.29, 1.82) is 0 Å². The normalized spacial score (nSPS) is 22.6. The maximum Gasteiger partial charge on any atom is 0.0577 e. The van der Waals surface area contributed by atoms with E-state index in [4.69, 9.17) is 0 Å². The molecule has 1 aromatic carbocycles. The Labute approximate surface area is 110 Å². The van der Waals surface area contributed by atoms with Crippen molar-refractivity contribution in [2.75, 3.05) is 11.9 Å². The zero-order valence-corrected chi connectivity index (χ0v) is 11.7. The highest BCUT2D eigenvalue weighted by Crippen LogP contribution is 2.27. The highest BCUT2D eigenvalue weighted by atomic mass is 15.0. The van der Waals surface area contributed by atoms with Gasteiger partial charge in [-0.2, -0.15) is 0 Å². The number of hydrogen-bond donors (Lipinski definition) is 2. The molecular formula is C16H24N2. The van der Waals surface area contributed by atoms with Gasteiger partial charge < -0.3 is 10.6 Å². The van der Waals surface area contributed by atoms with Gasteiger partial charge in [-0.15, -0.1) is 0 Å². The van der Waals surface area contributed by atoms with Crippen molar-refractivity contribution in [3.05, 3.63) is 41.6 Å². The highest BCUT2D eigenvalue weighted by molar-refractivity contribution is 5.54. The van der Waals surface area contributed by atoms with Crippen molar-refractivity contribution in [3.63, 3.8) is 0 Å². The molecule has 2 rings (SSSR count). The quantitative estimate of drug-likeness (QED) is 0.845. The van der Waals surface area contributed by atoms with E-state index in [0.717, 1.165) is 25.8 Å². The maximum absolute atomic E-state index is 3.78. The number of hydrogen-bond acceptors (Lipinski definition) is 2. The number of benzene rings is 1. The molecule has 0 bridgehead atoms. The summed E-state index contributed by atoms with van der Waals surface area (Å²) in [7, 11) is 0. The molecule has 0 radical (unpaired) electrons. The van der Waals surface area contributed by atoms with Crippen molar-refractivity contribution in [2.24, 2.45) is 0 Å². The molecule has 2 N–H and O–H groups in total. The average molecular weight is 244 g/mol. The fraction of sp³-hybridized carbons (Fsp3) is 0.500. The van der Waals surface area contributed by atoms with Crippen LogP contribution in [0.4, 0.5) is 5.69 Å². The molecule has 0 aromatic heterocycles. The van der Waals surface area contributed by atoms with Gasteiger partial charge in [-0.3, -0.25) is 0 Å². The van der Waals surface area contributed by atoms with Gasteiger partial charge >= 0.3 is 0 Å². The predicted molar refractivity (Wildman–Crippen MR) is 79.0 cm³/mol. The van der Waals surface area contributed by atoms with Gasteiger partial charge in [-0.1, -0.05) is 37.6 Å². The van der Waals surface area contributed by atoms with E-state index in [-0.39, 0.29) is 5.54 Å². The van der Waals surface area contributed by atoms with Crippen LogP contribution in [-0.4, -0.2) is 12.1 Å². The van der Waals surface area contributed by atoms with E-state index >= 15 is 0 Å². The zero-order valence-electron chi connectivity index (χ0n) is 11.7. The maximum atomic E-state index is 3.78. The van der Waals surface area contributed by atoms with Crippen molar-refractivity contribution < 1.29 is 0 Å². The molecule has 0 amide bonds. The summed E-state index contributed by atoms with van der Waals surface area (Å²) in [4.78, 5) is 0. The molecule has 1 aromatic rings. The highest BCUT2D eigenvalue weighted by Gasteiger charge is 2.28. The molecule has 2 nitrogen and oxygen atoms in total. The van der Waals surface area contributed by atoms with Crippen LogP contribution < -0.4 is 10.6 Å². The third-order valence-corrected chi connectivity index (χ3v) is 3.90. The molecule has 0 saturated heterocycles. The standard InChI is InChI=1S/C16H24N2/c1-4-14-11-13(3)7-8-15(14)18-16(5-2)9-6-10-17-12-16/h6-8,10-11,17-18H,4-5,9,12H2,1-3H3/t16-/m1/s1. The minimum absolute atomic E-state index is 0.161. The third-order valence-electron chi connectivity index (χ3n) is 3.90. The van der Waals surface area contributed by atoms with E-state index in [1.165, 1.54) is 16.8 Å². The van der Waals surface area contributed by atoms with Crippen molar-refractivity contribution in [1.82, 2.24) is 5.32 Å². The van der Waals surface area contributed by atoms with Gasteiger partial charge in [0.25, 0.3) is 0 Å². The van der Waals surface area contributed by atoms with Gasteiger partial charge in [0, 0.05) is 12.2 Å². The van der Waals surface area contributed by atoms with E-state index < -0.39 is 0 Å². The smallest absolute Gasteiger partial charge is 0.0577 e. The first kappa shape index (κ1) is 13.0. The van der Waals surface area contributed by atoms with E-state index in [2.05, 4.69) is 61.9 Å². The fourth-order valence-electron chi connectivity index (χ4n) is 2.57. The summed E-state index contributed by atoms with van der Waals surface area (Å²) in [5.41, 5.74) is 4.21. The Morgan fingerprint density at radius 3 is 2.78 bits per heavy atom. The van der Waals surface area contributed by atoms with Gasteiger partial charge in [-0.25, -0.2) is 0 Å². The van der Waals surface area contributed by atoms with Crippen LogP contribution in [0.5, 0.6) is 0 Å². The lowest BCUT2D eigenvalue weighted by Gasteiger charge is -2.37. The van der Waals surface area contributed by atoms with E-state index in [1.54, 1.807) is 0 Å². The summed E-state index contributed by atoms with van der Waals surface area (Å²) in [5, 5.41) is 7.13. The number of anilines is 1. The molecule has 0 spiro atoms. The van der Waals surface area contributed by atoms with Crippen molar-refractivity contribution >= 4 is 5.69 Å². The van der Waals surface area contributed by atoms with Gasteiger partial charge in [0.15, 0.2) is 0 Å². The van der Waals surface area contributed by atoms with E-state index in [9.17, 15) is 0 Å². The molecule has 2 heteroatoms. The molecule has 18 heavy (non-hydrogen) atoms. The van der Waals surface area contributed by atoms with Crippen LogP contribution in [0, 0.1) is 6.92 Å². The first-order chi connectivity index (χ1) is 8.69. The molecule has 1 aliphatic rings. The molecule has 0 unspecified atom stereocenters. The van der Waals surface area contributed by atoms with Crippen LogP contribution in [0.2, 0.25) is 0 Å². The SMILES string of the molecule is CCc1cc(C)ccc1N[C@]1(CC)CC=CNC1. The Hall–Kier alpha value is -1.44. The van der Waals surface area contributed by atoms with Crippen LogP contribution >= 0.6 is 0 Å². The summed E-state index contributed by atoms with van der Waals surface area (Å²) >= 11 is 0. The minimum atomic E-state index is 0.161. The molecule has 0 fully saturated rings. The van der Waals surface area contributed by atoms with Crippen LogP contribution in [-0.2, 0) is 6.42 Å². The Kier molecular flexibility index (Phi) is 3.95. The zero-order chi connectivity index (χ0) is 13.0. The first-order valence-electron chi connectivity index (χ1n) is 6.95. The van der Waals surface area contributed by atoms with Gasteiger partial charge in [0.2, 0.25) is 0 Å². The second-order valence-electron chi connectivity index (χ2n) is 5.26. The largest absolute Gasteiger partial charge is 0.389 e. The summed E-state index contributed by atoms with van der Waals surface area (Å²) in [6, 6.07) is 6.71. The van der Waals surface area contributed by atoms with Gasteiger partial charge in [0.05, 0.1) is 5.54 Å². The lowest BCUT2D eigenvalue weighted by atomic mass is 9.89. The summed E-state index contributed by atoms with van der Waals surface area (Å²) < 4.78 is 0. The molecule has 1 heterocycles. The lowest BCUT2D eigenvalue weighted by molar-refractivity contribution is 0.426. The number of rotatable bonds is 4. The second kappa shape index (κ2) is 5.47. The van der Waals surface area contributed by atoms with E-state index in [1.807, 2.05) is 0 Å². The number of aryl methyl sites for hydroxylation is 2. The molecule has 0 saturated carbocycles. The Morgan fingerprint density at radius 2 is 2.17 bits per heavy atom. The first-order valence-corrected chi connectivity index (χ1v) is 6.95. The minimum Gasteiger partial charge on any atom is -0.389 e. The Morgan fingerprint density at radius 1 is 1.33 bits per heavy atom. The third kappa shape index (κ3) is 2.69. The Bertz CT molecular complexity index is 437. The molecule has 1 atom stereocenters. The van der Waals surface area contributed by atoms with Crippen LogP contribution in [0.3, 0.4) is 0 Å². The molecular weight excluding hydrogens is 220 g/mol. The van der Waals surface area contributed by atoms with Gasteiger partial charge in [-0.05, 0) is 44.0 Å². The topological polar surface area (TPSA) is 24.1 Å².